The minimum absolute atomic E-state index is 0.0477. The predicted molar refractivity (Wildman–Crippen MR) is 121 cm³/mol. The fraction of sp³-hybridized carbons (Fsp3) is 0.167. The van der Waals surface area contributed by atoms with Crippen LogP contribution in [0.15, 0.2) is 76.0 Å². The van der Waals surface area contributed by atoms with Crippen molar-refractivity contribution >= 4 is 43.6 Å². The molecule has 0 saturated carbocycles. The zero-order valence-electron chi connectivity index (χ0n) is 16.4. The number of hydrogen-bond acceptors (Lipinski definition) is 2. The van der Waals surface area contributed by atoms with Gasteiger partial charge in [0.1, 0.15) is 12.4 Å². The molecule has 30 heavy (non-hydrogen) atoms. The molecule has 1 amide bonds. The number of carbonyl (C=O) groups excluding carboxylic acids is 1. The summed E-state index contributed by atoms with van der Waals surface area (Å²) in [5.41, 5.74) is 1.82. The molecule has 1 heterocycles. The lowest BCUT2D eigenvalue weighted by Gasteiger charge is -2.23. The van der Waals surface area contributed by atoms with E-state index < -0.39 is 0 Å². The van der Waals surface area contributed by atoms with Gasteiger partial charge in [0.25, 0.3) is 0 Å². The van der Waals surface area contributed by atoms with Crippen molar-refractivity contribution in [2.24, 2.45) is 0 Å². The van der Waals surface area contributed by atoms with Gasteiger partial charge in [0.05, 0.1) is 11.0 Å². The van der Waals surface area contributed by atoms with Gasteiger partial charge in [-0.1, -0.05) is 40.2 Å². The van der Waals surface area contributed by atoms with Gasteiger partial charge in [-0.2, -0.15) is 0 Å². The molecule has 0 bridgehead atoms. The SMILES string of the molecule is CCN(Cc1cc(Br)ccc1F)C(=O)Cn1c2ccccc2c(=O)c2ccccc21. The first kappa shape index (κ1) is 20.3. The molecule has 0 saturated heterocycles. The van der Waals surface area contributed by atoms with Crippen LogP contribution in [0.25, 0.3) is 21.8 Å². The number of para-hydroxylation sites is 2. The van der Waals surface area contributed by atoms with Crippen LogP contribution in [0.5, 0.6) is 0 Å². The number of likely N-dealkylation sites (N-methyl/N-ethyl adjacent to an activating group) is 1. The molecular formula is C24H20BrFN2O2. The number of hydrogen-bond donors (Lipinski definition) is 0. The number of fused-ring (bicyclic) bond motifs is 2. The quantitative estimate of drug-likeness (QED) is 0.383. The largest absolute Gasteiger partial charge is 0.337 e. The summed E-state index contributed by atoms with van der Waals surface area (Å²) in [6.45, 7) is 2.55. The molecule has 6 heteroatoms. The summed E-state index contributed by atoms with van der Waals surface area (Å²) in [6.07, 6.45) is 0. The molecule has 1 aromatic heterocycles. The molecule has 0 atom stereocenters. The van der Waals surface area contributed by atoms with Crippen molar-refractivity contribution in [3.8, 4) is 0 Å². The van der Waals surface area contributed by atoms with E-state index in [1.165, 1.54) is 6.07 Å². The van der Waals surface area contributed by atoms with Crippen LogP contribution >= 0.6 is 15.9 Å². The second-order valence-corrected chi connectivity index (χ2v) is 8.01. The van der Waals surface area contributed by atoms with Crippen LogP contribution in [0.3, 0.4) is 0 Å². The lowest BCUT2D eigenvalue weighted by molar-refractivity contribution is -0.132. The fourth-order valence-corrected chi connectivity index (χ4v) is 4.14. The predicted octanol–water partition coefficient (Wildman–Crippen LogP) is 5.11. The van der Waals surface area contributed by atoms with Crippen molar-refractivity contribution in [3.63, 3.8) is 0 Å². The van der Waals surface area contributed by atoms with Crippen LogP contribution in [-0.4, -0.2) is 21.9 Å². The minimum Gasteiger partial charge on any atom is -0.337 e. The van der Waals surface area contributed by atoms with Gasteiger partial charge in [0.2, 0.25) is 5.91 Å². The highest BCUT2D eigenvalue weighted by molar-refractivity contribution is 9.10. The van der Waals surface area contributed by atoms with Crippen molar-refractivity contribution in [1.82, 2.24) is 9.47 Å². The minimum atomic E-state index is -0.344. The van der Waals surface area contributed by atoms with Crippen molar-refractivity contribution in [2.75, 3.05) is 6.54 Å². The number of halogens is 2. The summed E-state index contributed by atoms with van der Waals surface area (Å²) in [5, 5.41) is 1.15. The number of amides is 1. The monoisotopic (exact) mass is 466 g/mol. The molecule has 0 unspecified atom stereocenters. The summed E-state index contributed by atoms with van der Waals surface area (Å²) < 4.78 is 16.9. The van der Waals surface area contributed by atoms with Crippen LogP contribution in [0.4, 0.5) is 4.39 Å². The topological polar surface area (TPSA) is 42.3 Å². The standard InChI is InChI=1S/C24H20BrFN2O2/c1-2-27(14-16-13-17(25)11-12-20(16)26)23(29)15-28-21-9-5-3-7-18(21)24(30)19-8-4-6-10-22(19)28/h3-13H,2,14-15H2,1H3. The summed E-state index contributed by atoms with van der Waals surface area (Å²) in [4.78, 5) is 27.7. The van der Waals surface area contributed by atoms with Gasteiger partial charge in [-0.15, -0.1) is 0 Å². The van der Waals surface area contributed by atoms with E-state index in [0.29, 0.717) is 33.9 Å². The average Bonchev–Trinajstić information content (AvgIpc) is 2.77. The number of benzene rings is 3. The third-order valence-corrected chi connectivity index (χ3v) is 5.77. The zero-order valence-corrected chi connectivity index (χ0v) is 18.0. The first-order valence-corrected chi connectivity index (χ1v) is 10.5. The lowest BCUT2D eigenvalue weighted by atomic mass is 10.1. The van der Waals surface area contributed by atoms with E-state index in [0.717, 1.165) is 4.47 Å². The van der Waals surface area contributed by atoms with Crippen LogP contribution in [0.2, 0.25) is 0 Å². The number of carbonyl (C=O) groups is 1. The highest BCUT2D eigenvalue weighted by Gasteiger charge is 2.18. The molecule has 0 fully saturated rings. The van der Waals surface area contributed by atoms with Gasteiger partial charge < -0.3 is 9.47 Å². The maximum Gasteiger partial charge on any atom is 0.242 e. The number of aromatic nitrogens is 1. The molecule has 152 valence electrons. The Bertz CT molecular complexity index is 1260. The smallest absolute Gasteiger partial charge is 0.242 e. The Hall–Kier alpha value is -2.99. The highest BCUT2D eigenvalue weighted by Crippen LogP contribution is 2.21. The van der Waals surface area contributed by atoms with Crippen LogP contribution in [-0.2, 0) is 17.9 Å². The maximum atomic E-state index is 14.2. The van der Waals surface area contributed by atoms with E-state index in [4.69, 9.17) is 0 Å². The van der Waals surface area contributed by atoms with Crippen molar-refractivity contribution < 1.29 is 9.18 Å². The van der Waals surface area contributed by atoms with Gasteiger partial charge in [-0.3, -0.25) is 9.59 Å². The van der Waals surface area contributed by atoms with Gasteiger partial charge in [-0.05, 0) is 49.4 Å². The Labute approximate surface area is 181 Å². The van der Waals surface area contributed by atoms with Gasteiger partial charge in [-0.25, -0.2) is 4.39 Å². The zero-order chi connectivity index (χ0) is 21.3. The van der Waals surface area contributed by atoms with Gasteiger partial charge >= 0.3 is 0 Å². The first-order valence-electron chi connectivity index (χ1n) is 9.71. The van der Waals surface area contributed by atoms with Crippen molar-refractivity contribution in [2.45, 2.75) is 20.0 Å². The van der Waals surface area contributed by atoms with Crippen molar-refractivity contribution in [3.05, 3.63) is 92.8 Å². The Morgan fingerprint density at radius 3 is 2.20 bits per heavy atom. The summed E-state index contributed by atoms with van der Waals surface area (Å²) in [6, 6.07) is 19.3. The third-order valence-electron chi connectivity index (χ3n) is 5.28. The molecule has 0 radical (unpaired) electrons. The van der Waals surface area contributed by atoms with Crippen LogP contribution in [0, 0.1) is 5.82 Å². The Morgan fingerprint density at radius 1 is 1.00 bits per heavy atom. The fourth-order valence-electron chi connectivity index (χ4n) is 3.73. The highest BCUT2D eigenvalue weighted by atomic mass is 79.9. The first-order chi connectivity index (χ1) is 14.5. The molecule has 0 spiro atoms. The van der Waals surface area contributed by atoms with E-state index in [1.807, 2.05) is 47.9 Å². The Morgan fingerprint density at radius 2 is 1.60 bits per heavy atom. The van der Waals surface area contributed by atoms with Crippen LogP contribution in [0.1, 0.15) is 12.5 Å². The number of rotatable bonds is 5. The molecule has 3 aromatic carbocycles. The summed E-state index contributed by atoms with van der Waals surface area (Å²) in [7, 11) is 0. The molecule has 0 aliphatic rings. The summed E-state index contributed by atoms with van der Waals surface area (Å²) >= 11 is 3.36. The Kier molecular flexibility index (Phi) is 5.68. The van der Waals surface area contributed by atoms with E-state index in [-0.39, 0.29) is 30.2 Å². The van der Waals surface area contributed by atoms with Crippen LogP contribution < -0.4 is 5.43 Å². The van der Waals surface area contributed by atoms with Gasteiger partial charge in [0.15, 0.2) is 5.43 Å². The Balaban J connectivity index is 1.75. The van der Waals surface area contributed by atoms with E-state index in [2.05, 4.69) is 15.9 Å². The molecule has 4 nitrogen and oxygen atoms in total. The second kappa shape index (κ2) is 8.40. The van der Waals surface area contributed by atoms with E-state index in [1.54, 1.807) is 29.2 Å². The van der Waals surface area contributed by atoms with E-state index >= 15 is 0 Å². The lowest BCUT2D eigenvalue weighted by Crippen LogP contribution is -2.34. The number of pyridine rings is 1. The summed E-state index contributed by atoms with van der Waals surface area (Å²) in [5.74, 6) is -0.487. The molecule has 0 aliphatic carbocycles. The normalized spacial score (nSPS) is 11.2. The maximum absolute atomic E-state index is 14.2. The number of nitrogens with zero attached hydrogens (tertiary/aromatic N) is 2. The molecule has 0 aliphatic heterocycles. The van der Waals surface area contributed by atoms with Crippen molar-refractivity contribution in [1.29, 1.82) is 0 Å². The van der Waals surface area contributed by atoms with E-state index in [9.17, 15) is 14.0 Å². The average molecular weight is 467 g/mol. The second-order valence-electron chi connectivity index (χ2n) is 7.09. The molecule has 4 aromatic rings. The molecular weight excluding hydrogens is 447 g/mol. The molecule has 4 rings (SSSR count). The van der Waals surface area contributed by atoms with Gasteiger partial charge in [0, 0.05) is 33.9 Å². The third kappa shape index (κ3) is 3.75. The molecule has 0 N–H and O–H groups in total.